The minimum atomic E-state index is -0.934. The zero-order valence-electron chi connectivity index (χ0n) is 18.2. The van der Waals surface area contributed by atoms with Gasteiger partial charge >= 0.3 is 5.97 Å². The molecule has 0 radical (unpaired) electrons. The highest BCUT2D eigenvalue weighted by Crippen LogP contribution is 2.24. The summed E-state index contributed by atoms with van der Waals surface area (Å²) >= 11 is 0. The smallest absolute Gasteiger partial charge is 0.335 e. The Hall–Kier alpha value is -3.29. The van der Waals surface area contributed by atoms with Gasteiger partial charge < -0.3 is 9.84 Å². The quantitative estimate of drug-likeness (QED) is 0.537. The summed E-state index contributed by atoms with van der Waals surface area (Å²) in [5.74, 6) is -1.91. The van der Waals surface area contributed by atoms with E-state index in [-0.39, 0.29) is 5.75 Å². The first-order valence-electron chi connectivity index (χ1n) is 10.9. The lowest BCUT2D eigenvalue weighted by Gasteiger charge is -2.22. The van der Waals surface area contributed by atoms with Crippen LogP contribution in [0.2, 0.25) is 0 Å². The zero-order valence-corrected chi connectivity index (χ0v) is 18.2. The van der Waals surface area contributed by atoms with Crippen LogP contribution in [-0.2, 0) is 13.1 Å². The molecule has 33 heavy (non-hydrogen) atoms. The van der Waals surface area contributed by atoms with Crippen molar-refractivity contribution in [1.82, 2.24) is 9.80 Å². The van der Waals surface area contributed by atoms with E-state index in [2.05, 4.69) is 9.80 Å². The van der Waals surface area contributed by atoms with Crippen molar-refractivity contribution in [3.8, 4) is 11.5 Å². The van der Waals surface area contributed by atoms with Crippen molar-refractivity contribution in [2.75, 3.05) is 26.2 Å². The number of halogens is 2. The van der Waals surface area contributed by atoms with Gasteiger partial charge in [0, 0.05) is 32.2 Å². The summed E-state index contributed by atoms with van der Waals surface area (Å²) < 4.78 is 32.0. The number of hydrogen-bond acceptors (Lipinski definition) is 4. The molecule has 0 aromatic heterocycles. The fraction of sp³-hybridized carbons (Fsp3) is 0.269. The van der Waals surface area contributed by atoms with Crippen molar-refractivity contribution < 1.29 is 23.4 Å². The molecule has 1 aliphatic heterocycles. The summed E-state index contributed by atoms with van der Waals surface area (Å²) in [7, 11) is 0. The predicted molar refractivity (Wildman–Crippen MR) is 121 cm³/mol. The molecule has 0 aliphatic carbocycles. The van der Waals surface area contributed by atoms with E-state index in [1.165, 1.54) is 6.07 Å². The molecule has 0 amide bonds. The highest BCUT2D eigenvalue weighted by molar-refractivity contribution is 5.87. The second-order valence-electron chi connectivity index (χ2n) is 8.23. The maximum atomic E-state index is 13.3. The van der Waals surface area contributed by atoms with Gasteiger partial charge in [-0.15, -0.1) is 0 Å². The van der Waals surface area contributed by atoms with Crippen molar-refractivity contribution in [2.24, 2.45) is 0 Å². The Bertz CT molecular complexity index is 1090. The lowest BCUT2D eigenvalue weighted by Crippen LogP contribution is -2.30. The summed E-state index contributed by atoms with van der Waals surface area (Å²) in [5.41, 5.74) is 2.58. The van der Waals surface area contributed by atoms with Gasteiger partial charge in [-0.3, -0.25) is 9.80 Å². The van der Waals surface area contributed by atoms with Crippen LogP contribution >= 0.6 is 0 Å². The van der Waals surface area contributed by atoms with E-state index in [9.17, 15) is 13.6 Å². The molecule has 3 aromatic carbocycles. The van der Waals surface area contributed by atoms with Gasteiger partial charge in [-0.05, 0) is 67.0 Å². The summed E-state index contributed by atoms with van der Waals surface area (Å²) in [6, 6.07) is 18.2. The van der Waals surface area contributed by atoms with Gasteiger partial charge in [-0.25, -0.2) is 13.6 Å². The minimum Gasteiger partial charge on any atom is -0.478 e. The monoisotopic (exact) mass is 452 g/mol. The van der Waals surface area contributed by atoms with E-state index in [1.54, 1.807) is 12.1 Å². The first-order chi connectivity index (χ1) is 16.0. The lowest BCUT2D eigenvalue weighted by molar-refractivity contribution is 0.0697. The number of nitrogens with zero attached hydrogens (tertiary/aromatic N) is 2. The highest BCUT2D eigenvalue weighted by Gasteiger charge is 2.16. The molecule has 172 valence electrons. The number of carboxylic acids is 1. The van der Waals surface area contributed by atoms with Gasteiger partial charge in [-0.2, -0.15) is 0 Å². The SMILES string of the molecule is O=C(O)c1ccc(CN2CCCN(Cc3ccc(Oc4ccc(F)c(F)c4)cc3)CC2)cc1. The number of carboxylic acid groups (broad SMARTS) is 1. The van der Waals surface area contributed by atoms with Crippen molar-refractivity contribution in [3.05, 3.63) is 95.1 Å². The third kappa shape index (κ3) is 6.37. The fourth-order valence-corrected chi connectivity index (χ4v) is 3.95. The second-order valence-corrected chi connectivity index (χ2v) is 8.23. The van der Waals surface area contributed by atoms with E-state index >= 15 is 0 Å². The topological polar surface area (TPSA) is 53.0 Å². The van der Waals surface area contributed by atoms with Crippen LogP contribution < -0.4 is 4.74 Å². The van der Waals surface area contributed by atoms with Crippen molar-refractivity contribution in [3.63, 3.8) is 0 Å². The van der Waals surface area contributed by atoms with Crippen LogP contribution in [0.4, 0.5) is 8.78 Å². The average Bonchev–Trinajstić information content (AvgIpc) is 3.03. The van der Waals surface area contributed by atoms with E-state index < -0.39 is 17.6 Å². The minimum absolute atomic E-state index is 0.256. The maximum absolute atomic E-state index is 13.3. The maximum Gasteiger partial charge on any atom is 0.335 e. The van der Waals surface area contributed by atoms with Gasteiger partial charge in [-0.1, -0.05) is 24.3 Å². The Labute approximate surface area is 191 Å². The van der Waals surface area contributed by atoms with E-state index in [0.717, 1.165) is 68.9 Å². The summed E-state index contributed by atoms with van der Waals surface area (Å²) in [6.07, 6.45) is 1.06. The Morgan fingerprint density at radius 1 is 0.758 bits per heavy atom. The Balaban J connectivity index is 1.28. The van der Waals surface area contributed by atoms with Gasteiger partial charge in [0.1, 0.15) is 11.5 Å². The van der Waals surface area contributed by atoms with Crippen LogP contribution in [0.15, 0.2) is 66.7 Å². The molecular formula is C26H26F2N2O3. The van der Waals surface area contributed by atoms with Crippen LogP contribution in [0.3, 0.4) is 0 Å². The van der Waals surface area contributed by atoms with Crippen LogP contribution in [0.25, 0.3) is 0 Å². The third-order valence-corrected chi connectivity index (χ3v) is 5.74. The summed E-state index contributed by atoms with van der Waals surface area (Å²) in [5, 5.41) is 9.04. The molecule has 3 aromatic rings. The number of aromatic carboxylic acids is 1. The third-order valence-electron chi connectivity index (χ3n) is 5.74. The van der Waals surface area contributed by atoms with Gasteiger partial charge in [0.25, 0.3) is 0 Å². The molecule has 0 spiro atoms. The number of carbonyl (C=O) groups is 1. The molecule has 0 unspecified atom stereocenters. The number of rotatable bonds is 7. The molecule has 0 bridgehead atoms. The van der Waals surface area contributed by atoms with Crippen LogP contribution in [0.5, 0.6) is 11.5 Å². The second kappa shape index (κ2) is 10.6. The molecule has 1 N–H and O–H groups in total. The van der Waals surface area contributed by atoms with E-state index in [1.807, 2.05) is 36.4 Å². The lowest BCUT2D eigenvalue weighted by atomic mass is 10.1. The first kappa shape index (κ1) is 22.9. The molecule has 1 fully saturated rings. The molecule has 0 saturated carbocycles. The normalized spacial score (nSPS) is 15.2. The van der Waals surface area contributed by atoms with Crippen LogP contribution in [0.1, 0.15) is 27.9 Å². The number of ether oxygens (including phenoxy) is 1. The Morgan fingerprint density at radius 3 is 1.85 bits per heavy atom. The van der Waals surface area contributed by atoms with Gasteiger partial charge in [0.15, 0.2) is 11.6 Å². The standard InChI is InChI=1S/C26H26F2N2O3/c27-24-11-10-23(16-25(24)28)33-22-8-4-20(5-9-22)18-30-13-1-12-29(14-15-30)17-19-2-6-21(7-3-19)26(31)32/h2-11,16H,1,12-15,17-18H2,(H,31,32). The zero-order chi connectivity index (χ0) is 23.2. The molecule has 1 saturated heterocycles. The Kier molecular flexibility index (Phi) is 7.32. The van der Waals surface area contributed by atoms with E-state index in [4.69, 9.17) is 9.84 Å². The predicted octanol–water partition coefficient (Wildman–Crippen LogP) is 5.16. The van der Waals surface area contributed by atoms with Crippen molar-refractivity contribution >= 4 is 5.97 Å². The number of hydrogen-bond donors (Lipinski definition) is 1. The first-order valence-corrected chi connectivity index (χ1v) is 10.9. The van der Waals surface area contributed by atoms with Crippen LogP contribution in [0, 0.1) is 11.6 Å². The molecule has 1 heterocycles. The van der Waals surface area contributed by atoms with Gasteiger partial charge in [0.05, 0.1) is 5.56 Å². The molecule has 7 heteroatoms. The molecule has 5 nitrogen and oxygen atoms in total. The molecule has 0 atom stereocenters. The average molecular weight is 453 g/mol. The highest BCUT2D eigenvalue weighted by atomic mass is 19.2. The van der Waals surface area contributed by atoms with Crippen molar-refractivity contribution in [1.29, 1.82) is 0 Å². The van der Waals surface area contributed by atoms with Gasteiger partial charge in [0.2, 0.25) is 0 Å². The Morgan fingerprint density at radius 2 is 1.30 bits per heavy atom. The largest absolute Gasteiger partial charge is 0.478 e. The fourth-order valence-electron chi connectivity index (χ4n) is 3.95. The molecular weight excluding hydrogens is 426 g/mol. The van der Waals surface area contributed by atoms with Crippen molar-refractivity contribution in [2.45, 2.75) is 19.5 Å². The molecule has 4 rings (SSSR count). The number of benzene rings is 3. The van der Waals surface area contributed by atoms with E-state index in [0.29, 0.717) is 11.3 Å². The summed E-state index contributed by atoms with van der Waals surface area (Å²) in [4.78, 5) is 15.8. The molecule has 1 aliphatic rings. The summed E-state index contributed by atoms with van der Waals surface area (Å²) in [6.45, 7) is 5.52. The van der Waals surface area contributed by atoms with Crippen LogP contribution in [-0.4, -0.2) is 47.1 Å².